The van der Waals surface area contributed by atoms with Gasteiger partial charge in [0.05, 0.1) is 0 Å². The SMILES string of the molecule is CCCCN(CCC)C(=O)COP(=O)(O)O. The number of phosphoric ester groups is 1. The maximum atomic E-state index is 11.5. The Morgan fingerprint density at radius 2 is 1.88 bits per heavy atom. The maximum Gasteiger partial charge on any atom is 0.470 e. The van der Waals surface area contributed by atoms with Crippen LogP contribution in [-0.4, -0.2) is 40.3 Å². The molecule has 2 N–H and O–H groups in total. The molecule has 96 valence electrons. The van der Waals surface area contributed by atoms with Crippen molar-refractivity contribution in [3.05, 3.63) is 0 Å². The molecule has 1 amide bonds. The van der Waals surface area contributed by atoms with Gasteiger partial charge in [-0.3, -0.25) is 9.32 Å². The van der Waals surface area contributed by atoms with Gasteiger partial charge in [0.25, 0.3) is 0 Å². The molecular weight excluding hydrogens is 233 g/mol. The summed E-state index contributed by atoms with van der Waals surface area (Å²) in [6.45, 7) is 4.59. The molecule has 0 saturated carbocycles. The van der Waals surface area contributed by atoms with Gasteiger partial charge >= 0.3 is 7.82 Å². The van der Waals surface area contributed by atoms with E-state index in [9.17, 15) is 9.36 Å². The minimum atomic E-state index is -4.55. The fourth-order valence-electron chi connectivity index (χ4n) is 1.21. The molecule has 0 rings (SSSR count). The summed E-state index contributed by atoms with van der Waals surface area (Å²) >= 11 is 0. The molecule has 0 radical (unpaired) electrons. The second kappa shape index (κ2) is 7.79. The van der Waals surface area contributed by atoms with Gasteiger partial charge in [0.15, 0.2) is 0 Å². The molecule has 0 heterocycles. The molecule has 0 aliphatic heterocycles. The first-order valence-electron chi connectivity index (χ1n) is 5.38. The highest BCUT2D eigenvalue weighted by Gasteiger charge is 2.19. The average molecular weight is 253 g/mol. The first kappa shape index (κ1) is 15.6. The quantitative estimate of drug-likeness (QED) is 0.633. The van der Waals surface area contributed by atoms with Crippen LogP contribution in [0.15, 0.2) is 0 Å². The van der Waals surface area contributed by atoms with Crippen molar-refractivity contribution >= 4 is 13.7 Å². The molecule has 0 atom stereocenters. The van der Waals surface area contributed by atoms with Crippen LogP contribution >= 0.6 is 7.82 Å². The lowest BCUT2D eigenvalue weighted by molar-refractivity contribution is -0.134. The van der Waals surface area contributed by atoms with E-state index in [0.717, 1.165) is 19.3 Å². The van der Waals surface area contributed by atoms with Crippen molar-refractivity contribution in [1.29, 1.82) is 0 Å². The van der Waals surface area contributed by atoms with Crippen LogP contribution in [0.2, 0.25) is 0 Å². The van der Waals surface area contributed by atoms with Crippen LogP contribution in [0.25, 0.3) is 0 Å². The molecule has 0 unspecified atom stereocenters. The van der Waals surface area contributed by atoms with Crippen LogP contribution in [-0.2, 0) is 13.9 Å². The van der Waals surface area contributed by atoms with E-state index >= 15 is 0 Å². The minimum Gasteiger partial charge on any atom is -0.341 e. The lowest BCUT2D eigenvalue weighted by Crippen LogP contribution is -2.35. The third-order valence-corrected chi connectivity index (χ3v) is 2.45. The van der Waals surface area contributed by atoms with Gasteiger partial charge in [0.1, 0.15) is 6.61 Å². The number of phosphoric acid groups is 1. The molecule has 7 heteroatoms. The number of rotatable bonds is 8. The first-order chi connectivity index (χ1) is 7.40. The number of unbranched alkanes of at least 4 members (excludes halogenated alkanes) is 1. The lowest BCUT2D eigenvalue weighted by Gasteiger charge is -2.21. The van der Waals surface area contributed by atoms with Crippen molar-refractivity contribution < 1.29 is 23.7 Å². The first-order valence-corrected chi connectivity index (χ1v) is 6.91. The minimum absolute atomic E-state index is 0.376. The van der Waals surface area contributed by atoms with Crippen molar-refractivity contribution in [3.8, 4) is 0 Å². The van der Waals surface area contributed by atoms with Crippen molar-refractivity contribution in [2.45, 2.75) is 33.1 Å². The molecular formula is C9H20NO5P. The van der Waals surface area contributed by atoms with Crippen LogP contribution in [0.1, 0.15) is 33.1 Å². The number of amides is 1. The summed E-state index contributed by atoms with van der Waals surface area (Å²) in [4.78, 5) is 30.1. The number of hydrogen-bond donors (Lipinski definition) is 2. The highest BCUT2D eigenvalue weighted by Crippen LogP contribution is 2.35. The molecule has 0 aromatic carbocycles. The second-order valence-corrected chi connectivity index (χ2v) is 4.74. The van der Waals surface area contributed by atoms with E-state index in [0.29, 0.717) is 13.1 Å². The Morgan fingerprint density at radius 1 is 1.25 bits per heavy atom. The largest absolute Gasteiger partial charge is 0.470 e. The summed E-state index contributed by atoms with van der Waals surface area (Å²) in [5.74, 6) is -0.376. The monoisotopic (exact) mass is 253 g/mol. The van der Waals surface area contributed by atoms with E-state index in [1.165, 1.54) is 0 Å². The highest BCUT2D eigenvalue weighted by molar-refractivity contribution is 7.46. The average Bonchev–Trinajstić information content (AvgIpc) is 2.19. The van der Waals surface area contributed by atoms with E-state index in [1.54, 1.807) is 4.90 Å². The molecule has 16 heavy (non-hydrogen) atoms. The molecule has 0 aliphatic carbocycles. The third-order valence-electron chi connectivity index (χ3n) is 1.98. The normalized spacial score (nSPS) is 11.5. The summed E-state index contributed by atoms with van der Waals surface area (Å²) in [5, 5.41) is 0. The molecule has 0 aromatic rings. The number of carbonyl (C=O) groups is 1. The molecule has 0 saturated heterocycles. The van der Waals surface area contributed by atoms with Gasteiger partial charge in [-0.05, 0) is 12.8 Å². The standard InChI is InChI=1S/C9H20NO5P/c1-3-5-7-10(6-4-2)9(11)8-15-16(12,13)14/h3-8H2,1-2H3,(H2,12,13,14). The van der Waals surface area contributed by atoms with Gasteiger partial charge in [-0.25, -0.2) is 4.57 Å². The smallest absolute Gasteiger partial charge is 0.341 e. The summed E-state index contributed by atoms with van der Waals surface area (Å²) in [6.07, 6.45) is 2.65. The lowest BCUT2D eigenvalue weighted by atomic mass is 10.3. The van der Waals surface area contributed by atoms with Gasteiger partial charge in [-0.15, -0.1) is 0 Å². The predicted octanol–water partition coefficient (Wildman–Crippen LogP) is 1.13. The Kier molecular flexibility index (Phi) is 7.58. The predicted molar refractivity (Wildman–Crippen MR) is 59.8 cm³/mol. The fraction of sp³-hybridized carbons (Fsp3) is 0.889. The van der Waals surface area contributed by atoms with Gasteiger partial charge in [0.2, 0.25) is 5.91 Å². The Bertz CT molecular complexity index is 252. The van der Waals surface area contributed by atoms with E-state index in [1.807, 2.05) is 13.8 Å². The van der Waals surface area contributed by atoms with Gasteiger partial charge in [0, 0.05) is 13.1 Å². The third kappa shape index (κ3) is 7.82. The topological polar surface area (TPSA) is 87.1 Å². The summed E-state index contributed by atoms with van der Waals surface area (Å²) in [6, 6.07) is 0. The van der Waals surface area contributed by atoms with E-state index < -0.39 is 14.4 Å². The zero-order valence-corrected chi connectivity index (χ0v) is 10.7. The van der Waals surface area contributed by atoms with Crippen LogP contribution in [0.5, 0.6) is 0 Å². The molecule has 0 fully saturated rings. The Labute approximate surface area is 95.8 Å². The number of carbonyl (C=O) groups excluding carboxylic acids is 1. The summed E-state index contributed by atoms with van der Waals surface area (Å²) in [5.41, 5.74) is 0. The fourth-order valence-corrected chi connectivity index (χ4v) is 1.49. The van der Waals surface area contributed by atoms with Crippen molar-refractivity contribution in [2.24, 2.45) is 0 Å². The number of hydrogen-bond acceptors (Lipinski definition) is 3. The van der Waals surface area contributed by atoms with Crippen LogP contribution < -0.4 is 0 Å². The Morgan fingerprint density at radius 3 is 2.31 bits per heavy atom. The molecule has 0 aromatic heterocycles. The van der Waals surface area contributed by atoms with Crippen LogP contribution in [0.3, 0.4) is 0 Å². The van der Waals surface area contributed by atoms with Gasteiger partial charge in [-0.2, -0.15) is 0 Å². The highest BCUT2D eigenvalue weighted by atomic mass is 31.2. The van der Waals surface area contributed by atoms with Crippen LogP contribution in [0.4, 0.5) is 0 Å². The Hall–Kier alpha value is -0.420. The van der Waals surface area contributed by atoms with Crippen LogP contribution in [0, 0.1) is 0 Å². The van der Waals surface area contributed by atoms with Gasteiger partial charge in [-0.1, -0.05) is 20.3 Å². The Balaban J connectivity index is 4.10. The van der Waals surface area contributed by atoms with Crippen molar-refractivity contribution in [2.75, 3.05) is 19.7 Å². The summed E-state index contributed by atoms with van der Waals surface area (Å²) in [7, 11) is -4.55. The summed E-state index contributed by atoms with van der Waals surface area (Å²) < 4.78 is 14.6. The van der Waals surface area contributed by atoms with E-state index in [-0.39, 0.29) is 5.91 Å². The second-order valence-electron chi connectivity index (χ2n) is 3.50. The molecule has 0 bridgehead atoms. The molecule has 0 spiro atoms. The van der Waals surface area contributed by atoms with E-state index in [4.69, 9.17) is 9.79 Å². The zero-order valence-electron chi connectivity index (χ0n) is 9.76. The zero-order chi connectivity index (χ0) is 12.6. The molecule has 6 nitrogen and oxygen atoms in total. The number of nitrogens with zero attached hydrogens (tertiary/aromatic N) is 1. The molecule has 0 aliphatic rings. The van der Waals surface area contributed by atoms with Gasteiger partial charge < -0.3 is 14.7 Å². The maximum absolute atomic E-state index is 11.5. The van der Waals surface area contributed by atoms with E-state index in [2.05, 4.69) is 4.52 Å². The van der Waals surface area contributed by atoms with Crippen molar-refractivity contribution in [1.82, 2.24) is 4.90 Å². The van der Waals surface area contributed by atoms with Crippen molar-refractivity contribution in [3.63, 3.8) is 0 Å².